The molecule has 1 aromatic heterocycles. The van der Waals surface area contributed by atoms with Crippen molar-refractivity contribution in [3.63, 3.8) is 0 Å². The van der Waals surface area contributed by atoms with E-state index in [-0.39, 0.29) is 17.0 Å². The molecule has 0 bridgehead atoms. The number of alkyl halides is 3. The fourth-order valence-corrected chi connectivity index (χ4v) is 3.38. The van der Waals surface area contributed by atoms with Crippen molar-refractivity contribution in [3.05, 3.63) is 82.6 Å². The molecule has 7 nitrogen and oxygen atoms in total. The van der Waals surface area contributed by atoms with E-state index in [4.69, 9.17) is 9.47 Å². The minimum Gasteiger partial charge on any atom is -0.490 e. The first-order valence-corrected chi connectivity index (χ1v) is 10.6. The quantitative estimate of drug-likeness (QED) is 0.385. The van der Waals surface area contributed by atoms with Gasteiger partial charge < -0.3 is 19.8 Å². The molecule has 35 heavy (non-hydrogen) atoms. The lowest BCUT2D eigenvalue weighted by Crippen LogP contribution is -2.20. The van der Waals surface area contributed by atoms with E-state index in [9.17, 15) is 22.8 Å². The number of carbonyl (C=O) groups excluding carboxylic acids is 1. The van der Waals surface area contributed by atoms with E-state index < -0.39 is 24.3 Å². The summed E-state index contributed by atoms with van der Waals surface area (Å²) < 4.78 is 49.8. The summed E-state index contributed by atoms with van der Waals surface area (Å²) in [5, 5.41) is 2.85. The molecule has 0 atom stereocenters. The topological polar surface area (TPSA) is 93.3 Å². The van der Waals surface area contributed by atoms with Crippen LogP contribution in [0.25, 0.3) is 22.3 Å². The number of aromatic nitrogens is 2. The van der Waals surface area contributed by atoms with Gasteiger partial charge in [0, 0.05) is 11.3 Å². The first-order valence-electron chi connectivity index (χ1n) is 10.6. The lowest BCUT2D eigenvalue weighted by atomic mass is 10.1. The second kappa shape index (κ2) is 9.88. The van der Waals surface area contributed by atoms with Gasteiger partial charge in [-0.25, -0.2) is 4.98 Å². The SMILES string of the molecule is CCOc1cc(-c2nc3ccccc3c(=O)[nH]2)ccc1OCC(=O)Nc1cccc(C(F)(F)F)c1. The van der Waals surface area contributed by atoms with Gasteiger partial charge in [-0.15, -0.1) is 0 Å². The number of aromatic amines is 1. The average molecular weight is 483 g/mol. The molecule has 0 fully saturated rings. The van der Waals surface area contributed by atoms with Crippen LogP contribution in [0, 0.1) is 0 Å². The Morgan fingerprint density at radius 2 is 1.80 bits per heavy atom. The highest BCUT2D eigenvalue weighted by Gasteiger charge is 2.30. The van der Waals surface area contributed by atoms with Crippen LogP contribution in [0.15, 0.2) is 71.5 Å². The van der Waals surface area contributed by atoms with Crippen molar-refractivity contribution in [2.24, 2.45) is 0 Å². The second-order valence-electron chi connectivity index (χ2n) is 7.44. The minimum absolute atomic E-state index is 0.000127. The fourth-order valence-electron chi connectivity index (χ4n) is 3.38. The van der Waals surface area contributed by atoms with Gasteiger partial charge in [0.15, 0.2) is 18.1 Å². The van der Waals surface area contributed by atoms with Crippen LogP contribution in [0.3, 0.4) is 0 Å². The fraction of sp³-hybridized carbons (Fsp3) is 0.160. The summed E-state index contributed by atoms with van der Waals surface area (Å²) in [4.78, 5) is 31.9. The number of hydrogen-bond acceptors (Lipinski definition) is 5. The molecule has 0 aliphatic carbocycles. The molecule has 1 amide bonds. The van der Waals surface area contributed by atoms with E-state index in [0.717, 1.165) is 12.1 Å². The minimum atomic E-state index is -4.52. The maximum absolute atomic E-state index is 12.9. The van der Waals surface area contributed by atoms with Crippen LogP contribution in [0.1, 0.15) is 12.5 Å². The summed E-state index contributed by atoms with van der Waals surface area (Å²) >= 11 is 0. The van der Waals surface area contributed by atoms with Gasteiger partial charge in [0.25, 0.3) is 11.5 Å². The Balaban J connectivity index is 1.51. The maximum atomic E-state index is 12.9. The monoisotopic (exact) mass is 483 g/mol. The summed E-state index contributed by atoms with van der Waals surface area (Å²) in [6.45, 7) is 1.62. The number of amides is 1. The number of benzene rings is 3. The normalized spacial score (nSPS) is 11.3. The zero-order valence-corrected chi connectivity index (χ0v) is 18.5. The van der Waals surface area contributed by atoms with Crippen molar-refractivity contribution in [1.82, 2.24) is 9.97 Å². The van der Waals surface area contributed by atoms with E-state index in [0.29, 0.717) is 34.6 Å². The number of hydrogen-bond donors (Lipinski definition) is 2. The van der Waals surface area contributed by atoms with Crippen LogP contribution >= 0.6 is 0 Å². The number of nitrogens with zero attached hydrogens (tertiary/aromatic N) is 1. The van der Waals surface area contributed by atoms with Gasteiger partial charge in [-0.05, 0) is 55.5 Å². The van der Waals surface area contributed by atoms with Gasteiger partial charge in [-0.2, -0.15) is 13.2 Å². The lowest BCUT2D eigenvalue weighted by molar-refractivity contribution is -0.137. The molecule has 1 heterocycles. The molecule has 0 saturated carbocycles. The highest BCUT2D eigenvalue weighted by atomic mass is 19.4. The van der Waals surface area contributed by atoms with Crippen molar-refractivity contribution in [3.8, 4) is 22.9 Å². The van der Waals surface area contributed by atoms with Gasteiger partial charge in [-0.1, -0.05) is 18.2 Å². The maximum Gasteiger partial charge on any atom is 0.416 e. The standard InChI is InChI=1S/C25H20F3N3O4/c1-2-34-21-12-15(23-30-19-9-4-3-8-18(19)24(33)31-23)10-11-20(21)35-14-22(32)29-17-7-5-6-16(13-17)25(26,27)28/h3-13H,2,14H2,1H3,(H,29,32)(H,30,31,33). The number of fused-ring (bicyclic) bond motifs is 1. The van der Waals surface area contributed by atoms with Crippen molar-refractivity contribution in [2.45, 2.75) is 13.1 Å². The number of carbonyl (C=O) groups is 1. The summed E-state index contributed by atoms with van der Waals surface area (Å²) in [7, 11) is 0. The molecular formula is C25H20F3N3O4. The Morgan fingerprint density at radius 1 is 1.00 bits per heavy atom. The average Bonchev–Trinajstić information content (AvgIpc) is 2.83. The number of rotatable bonds is 7. The van der Waals surface area contributed by atoms with E-state index in [1.165, 1.54) is 12.1 Å². The first-order chi connectivity index (χ1) is 16.7. The number of anilines is 1. The molecule has 0 spiro atoms. The van der Waals surface area contributed by atoms with Gasteiger partial charge >= 0.3 is 6.18 Å². The smallest absolute Gasteiger partial charge is 0.416 e. The van der Waals surface area contributed by atoms with Gasteiger partial charge in [-0.3, -0.25) is 9.59 Å². The van der Waals surface area contributed by atoms with Crippen molar-refractivity contribution in [1.29, 1.82) is 0 Å². The van der Waals surface area contributed by atoms with Crippen molar-refractivity contribution < 1.29 is 27.4 Å². The molecule has 0 unspecified atom stereocenters. The zero-order chi connectivity index (χ0) is 25.0. The van der Waals surface area contributed by atoms with Gasteiger partial charge in [0.2, 0.25) is 0 Å². The van der Waals surface area contributed by atoms with Crippen molar-refractivity contribution >= 4 is 22.5 Å². The van der Waals surface area contributed by atoms with E-state index >= 15 is 0 Å². The molecule has 0 aliphatic rings. The van der Waals surface area contributed by atoms with Gasteiger partial charge in [0.1, 0.15) is 5.82 Å². The van der Waals surface area contributed by atoms with E-state index in [2.05, 4.69) is 15.3 Å². The highest BCUT2D eigenvalue weighted by Crippen LogP contribution is 2.32. The van der Waals surface area contributed by atoms with E-state index in [1.54, 1.807) is 49.4 Å². The third-order valence-corrected chi connectivity index (χ3v) is 4.96. The second-order valence-corrected chi connectivity index (χ2v) is 7.44. The molecule has 180 valence electrons. The molecule has 2 N–H and O–H groups in total. The van der Waals surface area contributed by atoms with Crippen LogP contribution in [0.4, 0.5) is 18.9 Å². The molecule has 0 radical (unpaired) electrons. The first kappa shape index (κ1) is 23.8. The van der Waals surface area contributed by atoms with Crippen LogP contribution in [-0.2, 0) is 11.0 Å². The van der Waals surface area contributed by atoms with E-state index in [1.807, 2.05) is 0 Å². The number of halogens is 3. The molecule has 4 aromatic rings. The number of H-pyrrole nitrogens is 1. The summed E-state index contributed by atoms with van der Waals surface area (Å²) in [5.74, 6) is 0.255. The third-order valence-electron chi connectivity index (χ3n) is 4.96. The predicted octanol–water partition coefficient (Wildman–Crippen LogP) is 5.03. The molecule has 4 rings (SSSR count). The lowest BCUT2D eigenvalue weighted by Gasteiger charge is -2.14. The van der Waals surface area contributed by atoms with Crippen molar-refractivity contribution in [2.75, 3.05) is 18.5 Å². The highest BCUT2D eigenvalue weighted by molar-refractivity contribution is 5.92. The van der Waals surface area contributed by atoms with Gasteiger partial charge in [0.05, 0.1) is 23.1 Å². The Labute approximate surface area is 197 Å². The Kier molecular flexibility index (Phi) is 6.72. The van der Waals surface area contributed by atoms with Crippen LogP contribution in [0.2, 0.25) is 0 Å². The summed E-state index contributed by atoms with van der Waals surface area (Å²) in [6.07, 6.45) is -4.52. The Bertz CT molecular complexity index is 1430. The van der Waals surface area contributed by atoms with Crippen LogP contribution in [0.5, 0.6) is 11.5 Å². The van der Waals surface area contributed by atoms with Crippen LogP contribution < -0.4 is 20.3 Å². The molecule has 3 aromatic carbocycles. The molecule has 0 saturated heterocycles. The largest absolute Gasteiger partial charge is 0.490 e. The molecule has 0 aliphatic heterocycles. The number of ether oxygens (including phenoxy) is 2. The Hall–Kier alpha value is -4.34. The summed E-state index contributed by atoms with van der Waals surface area (Å²) in [6, 6.07) is 16.1. The Morgan fingerprint density at radius 3 is 2.57 bits per heavy atom. The molecular weight excluding hydrogens is 463 g/mol. The third kappa shape index (κ3) is 5.60. The van der Waals surface area contributed by atoms with Crippen LogP contribution in [-0.4, -0.2) is 29.1 Å². The number of nitrogens with one attached hydrogen (secondary N) is 2. The number of para-hydroxylation sites is 1. The predicted molar refractivity (Wildman–Crippen MR) is 125 cm³/mol. The summed E-state index contributed by atoms with van der Waals surface area (Å²) in [5.41, 5.74) is -0.0473. The zero-order valence-electron chi connectivity index (χ0n) is 18.5. The molecule has 10 heteroatoms.